The van der Waals surface area contributed by atoms with Gasteiger partial charge in [0.1, 0.15) is 17.9 Å². The van der Waals surface area contributed by atoms with Gasteiger partial charge in [0, 0.05) is 18.2 Å². The van der Waals surface area contributed by atoms with Gasteiger partial charge in [-0.2, -0.15) is 0 Å². The molecule has 7 nitrogen and oxygen atoms in total. The van der Waals surface area contributed by atoms with Crippen molar-refractivity contribution in [1.82, 2.24) is 15.4 Å². The fraction of sp³-hybridized carbons (Fsp3) is 0.0769. The van der Waals surface area contributed by atoms with Crippen molar-refractivity contribution in [2.75, 3.05) is 11.1 Å². The van der Waals surface area contributed by atoms with Gasteiger partial charge in [-0.1, -0.05) is 12.1 Å². The minimum absolute atomic E-state index is 0.136. The van der Waals surface area contributed by atoms with Crippen LogP contribution in [0.5, 0.6) is 0 Å². The Hall–Kier alpha value is -2.96. The highest BCUT2D eigenvalue weighted by molar-refractivity contribution is 6.19. The summed E-state index contributed by atoms with van der Waals surface area (Å²) >= 11 is 0. The second-order valence-corrected chi connectivity index (χ2v) is 4.27. The predicted octanol–water partition coefficient (Wildman–Crippen LogP) is 1.02. The number of hydrogen-bond donors (Lipinski definition) is 2. The van der Waals surface area contributed by atoms with E-state index in [0.29, 0.717) is 28.6 Å². The van der Waals surface area contributed by atoms with E-state index in [4.69, 9.17) is 5.73 Å². The Bertz CT molecular complexity index is 725. The zero-order valence-corrected chi connectivity index (χ0v) is 10.7. The third kappa shape index (κ3) is 2.05. The van der Waals surface area contributed by atoms with E-state index < -0.39 is 0 Å². The van der Waals surface area contributed by atoms with Crippen LogP contribution in [-0.4, -0.2) is 21.6 Å². The van der Waals surface area contributed by atoms with Crippen LogP contribution >= 0.6 is 0 Å². The van der Waals surface area contributed by atoms with E-state index in [0.717, 1.165) is 5.56 Å². The van der Waals surface area contributed by atoms with Crippen molar-refractivity contribution >= 4 is 28.9 Å². The molecule has 99 valence electrons. The van der Waals surface area contributed by atoms with Crippen molar-refractivity contribution in [2.45, 2.75) is 6.92 Å². The zero-order valence-electron chi connectivity index (χ0n) is 10.7. The number of rotatable bonds is 2. The molecule has 2 aromatic rings. The van der Waals surface area contributed by atoms with Crippen molar-refractivity contribution in [3.8, 4) is 0 Å². The number of carbonyl (C=O) groups excluding carboxylic acids is 1. The molecule has 3 N–H and O–H groups in total. The van der Waals surface area contributed by atoms with Gasteiger partial charge in [0.05, 0.1) is 5.56 Å². The molecule has 20 heavy (non-hydrogen) atoms. The van der Waals surface area contributed by atoms with Gasteiger partial charge in [0.15, 0.2) is 5.82 Å². The average Bonchev–Trinajstić information content (AvgIpc) is 2.83. The third-order valence-electron chi connectivity index (χ3n) is 2.79. The number of nitrogens with two attached hydrogens (primary N) is 1. The minimum Gasteiger partial charge on any atom is -0.383 e. The molecule has 1 aliphatic heterocycles. The molecule has 1 aliphatic rings. The summed E-state index contributed by atoms with van der Waals surface area (Å²) in [6, 6.07) is 7.28. The summed E-state index contributed by atoms with van der Waals surface area (Å²) < 4.78 is 0. The molecule has 0 saturated heterocycles. The van der Waals surface area contributed by atoms with Gasteiger partial charge in [-0.25, -0.2) is 9.97 Å². The summed E-state index contributed by atoms with van der Waals surface area (Å²) in [5.74, 6) is 0.654. The minimum atomic E-state index is -0.136. The second-order valence-electron chi connectivity index (χ2n) is 4.27. The average molecular weight is 267 g/mol. The Morgan fingerprint density at radius 1 is 1.30 bits per heavy atom. The van der Waals surface area contributed by atoms with Crippen LogP contribution in [0.25, 0.3) is 0 Å². The molecule has 0 aliphatic carbocycles. The van der Waals surface area contributed by atoms with E-state index in [1.165, 1.54) is 13.3 Å². The Kier molecular flexibility index (Phi) is 2.79. The molecule has 0 spiro atoms. The van der Waals surface area contributed by atoms with Crippen LogP contribution in [0.2, 0.25) is 0 Å². The Labute approximate surface area is 114 Å². The molecule has 0 unspecified atom stereocenters. The van der Waals surface area contributed by atoms with E-state index in [1.54, 1.807) is 12.1 Å². The largest absolute Gasteiger partial charge is 0.383 e. The lowest BCUT2D eigenvalue weighted by Crippen LogP contribution is -2.09. The monoisotopic (exact) mass is 267 g/mol. The van der Waals surface area contributed by atoms with Gasteiger partial charge in [-0.15, -0.1) is 10.5 Å². The molecule has 7 heteroatoms. The number of nitrogens with one attached hydrogen (secondary N) is 1. The van der Waals surface area contributed by atoms with Gasteiger partial charge in [-0.05, 0) is 12.1 Å². The molecule has 0 bridgehead atoms. The normalized spacial score (nSPS) is 12.3. The maximum absolute atomic E-state index is 11.1. The first-order valence-corrected chi connectivity index (χ1v) is 5.92. The van der Waals surface area contributed by atoms with Crippen LogP contribution in [0.1, 0.15) is 18.1 Å². The second kappa shape index (κ2) is 4.61. The number of fused-ring (bicyclic) bond motifs is 1. The van der Waals surface area contributed by atoms with Crippen LogP contribution < -0.4 is 16.5 Å². The highest BCUT2D eigenvalue weighted by Gasteiger charge is 2.24. The van der Waals surface area contributed by atoms with Gasteiger partial charge < -0.3 is 11.1 Å². The van der Waals surface area contributed by atoms with Crippen molar-refractivity contribution in [2.24, 2.45) is 5.10 Å². The maximum Gasteiger partial charge on any atom is 0.221 e. The lowest BCUT2D eigenvalue weighted by Gasteiger charge is -2.06. The molecule has 0 saturated carbocycles. The van der Waals surface area contributed by atoms with Crippen LogP contribution in [0.4, 0.5) is 17.3 Å². The fourth-order valence-corrected chi connectivity index (χ4v) is 1.99. The molecule has 2 heterocycles. The molecule has 1 aromatic carbocycles. The highest BCUT2D eigenvalue weighted by Crippen LogP contribution is 2.27. The summed E-state index contributed by atoms with van der Waals surface area (Å²) in [5.41, 5.74) is 12.5. The first-order chi connectivity index (χ1) is 9.65. The number of hydrogen-bond acceptors (Lipinski definition) is 5. The fourth-order valence-electron chi connectivity index (χ4n) is 1.99. The number of aromatic nitrogens is 2. The van der Waals surface area contributed by atoms with Crippen LogP contribution in [-0.2, 0) is 4.79 Å². The topological polar surface area (TPSA) is 107 Å². The molecule has 0 fully saturated rings. The van der Waals surface area contributed by atoms with Crippen LogP contribution in [0.3, 0.4) is 0 Å². The summed E-state index contributed by atoms with van der Waals surface area (Å²) in [4.78, 5) is 19.1. The van der Waals surface area contributed by atoms with Gasteiger partial charge >= 0.3 is 0 Å². The number of nitrogens with zero attached hydrogens (tertiary/aromatic N) is 4. The quantitative estimate of drug-likeness (QED) is 0.846. The molecule has 3 rings (SSSR count). The first-order valence-electron chi connectivity index (χ1n) is 5.92. The van der Waals surface area contributed by atoms with Crippen molar-refractivity contribution in [1.29, 1.82) is 0 Å². The van der Waals surface area contributed by atoms with Gasteiger partial charge in [0.25, 0.3) is 0 Å². The first kappa shape index (κ1) is 12.1. The van der Waals surface area contributed by atoms with Gasteiger partial charge in [0.2, 0.25) is 5.91 Å². The van der Waals surface area contributed by atoms with Crippen molar-refractivity contribution in [3.63, 3.8) is 0 Å². The summed E-state index contributed by atoms with van der Waals surface area (Å²) in [6.07, 6.45) is 1.35. The van der Waals surface area contributed by atoms with Gasteiger partial charge in [-0.3, -0.25) is 4.79 Å². The maximum atomic E-state index is 11.1. The smallest absolute Gasteiger partial charge is 0.221 e. The summed E-state index contributed by atoms with van der Waals surface area (Å²) in [6.45, 7) is 1.45. The van der Waals surface area contributed by atoms with E-state index in [-0.39, 0.29) is 5.91 Å². The Morgan fingerprint density at radius 2 is 2.15 bits per heavy atom. The number of benzene rings is 1. The highest BCUT2D eigenvalue weighted by atomic mass is 16.1. The lowest BCUT2D eigenvalue weighted by atomic mass is 10.0. The number of anilines is 2. The van der Waals surface area contributed by atoms with E-state index in [9.17, 15) is 4.79 Å². The number of carbonyl (C=O) groups is 1. The third-order valence-corrected chi connectivity index (χ3v) is 2.79. The predicted molar refractivity (Wildman–Crippen MR) is 74.6 cm³/mol. The van der Waals surface area contributed by atoms with Crippen LogP contribution in [0.15, 0.2) is 35.7 Å². The molecule has 1 aromatic heterocycles. The molecule has 0 atom stereocenters. The molecule has 1 amide bonds. The Morgan fingerprint density at radius 3 is 2.95 bits per heavy atom. The van der Waals surface area contributed by atoms with Crippen LogP contribution in [0, 0.1) is 0 Å². The van der Waals surface area contributed by atoms with E-state index in [2.05, 4.69) is 25.8 Å². The molecular weight excluding hydrogens is 256 g/mol. The lowest BCUT2D eigenvalue weighted by molar-refractivity contribution is -0.114. The molecule has 1 radical (unpaired) electrons. The summed E-state index contributed by atoms with van der Waals surface area (Å²) in [7, 11) is 0. The Balaban J connectivity index is 2.02. The number of nitrogen functional groups attached to an aromatic ring is 1. The molecular formula is C13H11N6O. The van der Waals surface area contributed by atoms with E-state index in [1.807, 2.05) is 12.1 Å². The standard InChI is InChI=1S/C13H11N6O/c1-7(20)17-9-4-2-3-8(5-9)11-10-12(14)15-6-16-13(10)19-18-11/h2-6H,1H3,(H,17,20)(H2,14,15,16). The van der Waals surface area contributed by atoms with Crippen molar-refractivity contribution in [3.05, 3.63) is 41.7 Å². The van der Waals surface area contributed by atoms with Crippen molar-refractivity contribution < 1.29 is 4.79 Å². The number of amides is 1. The summed E-state index contributed by atoms with van der Waals surface area (Å²) in [5, 5.41) is 6.82. The zero-order chi connectivity index (χ0) is 14.1. The van der Waals surface area contributed by atoms with E-state index >= 15 is 0 Å². The SMILES string of the molecule is CC(=O)Nc1cccc(C2=N[N]c3ncnc(N)c32)c1.